The fourth-order valence-corrected chi connectivity index (χ4v) is 2.93. The summed E-state index contributed by atoms with van der Waals surface area (Å²) in [7, 11) is 0. The summed E-state index contributed by atoms with van der Waals surface area (Å²) in [5, 5.41) is 2.35. The summed E-state index contributed by atoms with van der Waals surface area (Å²) in [5.74, 6) is -1.61. The van der Waals surface area contributed by atoms with E-state index in [1.165, 1.54) is 47.4 Å². The van der Waals surface area contributed by atoms with Gasteiger partial charge >= 0.3 is 11.7 Å². The summed E-state index contributed by atoms with van der Waals surface area (Å²) >= 11 is 0. The predicted octanol–water partition coefficient (Wildman–Crippen LogP) is 1.95. The topological polar surface area (TPSA) is 89.2 Å². The fourth-order valence-electron chi connectivity index (χ4n) is 2.93. The summed E-state index contributed by atoms with van der Waals surface area (Å²) in [5.41, 5.74) is -0.390. The summed E-state index contributed by atoms with van der Waals surface area (Å²) in [6.07, 6.45) is 0. The minimum atomic E-state index is -0.772. The molecule has 8 nitrogen and oxygen atoms in total. The standard InChI is InChI=1S/C18H13F2N5O3/c19-11-5-7-12(8-6-11)23-9-15-22-17(27)24(25(15)18(23)28)10-16(26)21-14-4-2-1-3-13(14)20/h1-8H,9-10H2,(H,21,26). The quantitative estimate of drug-likeness (QED) is 0.744. The van der Waals surface area contributed by atoms with Crippen LogP contribution >= 0.6 is 0 Å². The van der Waals surface area contributed by atoms with E-state index in [1.54, 1.807) is 6.07 Å². The lowest BCUT2D eigenvalue weighted by atomic mass is 10.3. The third kappa shape index (κ3) is 3.04. The molecule has 0 saturated carbocycles. The van der Waals surface area contributed by atoms with Crippen LogP contribution in [0.3, 0.4) is 0 Å². The minimum Gasteiger partial charge on any atom is -0.322 e. The van der Waals surface area contributed by atoms with Gasteiger partial charge in [0.05, 0.1) is 12.2 Å². The molecule has 142 valence electrons. The van der Waals surface area contributed by atoms with Crippen LogP contribution in [-0.2, 0) is 17.9 Å². The predicted molar refractivity (Wildman–Crippen MR) is 94.9 cm³/mol. The van der Waals surface area contributed by atoms with Crippen molar-refractivity contribution in [2.45, 2.75) is 13.1 Å². The Morgan fingerprint density at radius 2 is 1.79 bits per heavy atom. The van der Waals surface area contributed by atoms with E-state index in [9.17, 15) is 23.2 Å². The average molecular weight is 385 g/mol. The van der Waals surface area contributed by atoms with Crippen molar-refractivity contribution in [1.82, 2.24) is 14.3 Å². The number of hydrogen-bond donors (Lipinski definition) is 1. The van der Waals surface area contributed by atoms with Gasteiger partial charge in [0.2, 0.25) is 5.91 Å². The molecule has 0 unspecified atom stereocenters. The van der Waals surface area contributed by atoms with Crippen LogP contribution in [0.5, 0.6) is 0 Å². The van der Waals surface area contributed by atoms with Gasteiger partial charge in [0, 0.05) is 5.69 Å². The summed E-state index contributed by atoms with van der Waals surface area (Å²) < 4.78 is 28.6. The zero-order chi connectivity index (χ0) is 19.8. The molecule has 1 aliphatic rings. The maximum absolute atomic E-state index is 13.7. The largest absolute Gasteiger partial charge is 0.365 e. The number of anilines is 2. The zero-order valence-corrected chi connectivity index (χ0v) is 14.3. The zero-order valence-electron chi connectivity index (χ0n) is 14.3. The molecule has 0 radical (unpaired) electrons. The molecule has 0 fully saturated rings. The smallest absolute Gasteiger partial charge is 0.322 e. The van der Waals surface area contributed by atoms with Crippen LogP contribution in [0.15, 0.2) is 53.3 Å². The normalized spacial score (nSPS) is 12.9. The maximum Gasteiger partial charge on any atom is 0.365 e. The van der Waals surface area contributed by atoms with Gasteiger partial charge in [-0.1, -0.05) is 12.1 Å². The van der Waals surface area contributed by atoms with Crippen LogP contribution in [-0.4, -0.2) is 26.3 Å². The molecule has 10 heteroatoms. The van der Waals surface area contributed by atoms with Gasteiger partial charge in [0.1, 0.15) is 18.2 Å². The number of rotatable bonds is 4. The monoisotopic (exact) mass is 385 g/mol. The molecule has 0 aliphatic carbocycles. The van der Waals surface area contributed by atoms with Crippen LogP contribution < -0.4 is 15.9 Å². The van der Waals surface area contributed by atoms with Gasteiger partial charge in [-0.25, -0.2) is 23.1 Å². The highest BCUT2D eigenvalue weighted by molar-refractivity contribution is 5.96. The lowest BCUT2D eigenvalue weighted by molar-refractivity contribution is -0.117. The number of para-hydroxylation sites is 1. The molecule has 2 aromatic carbocycles. The maximum atomic E-state index is 13.7. The SMILES string of the molecule is O=C(Cn1c(=O)nc2n1C(=O)N(c1ccc(F)cc1)C2)Nc1ccccc1F. The highest BCUT2D eigenvalue weighted by Gasteiger charge is 2.33. The highest BCUT2D eigenvalue weighted by atomic mass is 19.1. The minimum absolute atomic E-state index is 0.00163. The van der Waals surface area contributed by atoms with Crippen molar-refractivity contribution < 1.29 is 18.4 Å². The number of aromatic nitrogens is 3. The number of benzene rings is 2. The Bertz CT molecular complexity index is 1140. The number of nitrogens with one attached hydrogen (secondary N) is 1. The number of halogens is 2. The molecular formula is C18H13F2N5O3. The Balaban J connectivity index is 1.58. The second-order valence-corrected chi connectivity index (χ2v) is 6.05. The second-order valence-electron chi connectivity index (χ2n) is 6.05. The number of hydrogen-bond acceptors (Lipinski definition) is 4. The van der Waals surface area contributed by atoms with Crippen LogP contribution in [0.2, 0.25) is 0 Å². The van der Waals surface area contributed by atoms with Gasteiger partial charge in [0.25, 0.3) is 0 Å². The number of fused-ring (bicyclic) bond motifs is 1. The van der Waals surface area contributed by atoms with Gasteiger partial charge in [-0.2, -0.15) is 9.67 Å². The van der Waals surface area contributed by atoms with Crippen molar-refractivity contribution in [1.29, 1.82) is 0 Å². The molecule has 1 N–H and O–H groups in total. The van der Waals surface area contributed by atoms with E-state index in [4.69, 9.17) is 0 Å². The molecule has 0 spiro atoms. The highest BCUT2D eigenvalue weighted by Crippen LogP contribution is 2.23. The van der Waals surface area contributed by atoms with Gasteiger partial charge in [0.15, 0.2) is 5.82 Å². The second kappa shape index (κ2) is 6.72. The lowest BCUT2D eigenvalue weighted by Crippen LogP contribution is -2.36. The van der Waals surface area contributed by atoms with E-state index in [0.29, 0.717) is 5.69 Å². The molecular weight excluding hydrogens is 372 g/mol. The summed E-state index contributed by atoms with van der Waals surface area (Å²) in [6.45, 7) is -0.523. The Hall–Kier alpha value is -3.82. The van der Waals surface area contributed by atoms with Gasteiger partial charge in [-0.05, 0) is 36.4 Å². The van der Waals surface area contributed by atoms with E-state index in [0.717, 1.165) is 9.36 Å². The first-order valence-electron chi connectivity index (χ1n) is 8.24. The molecule has 4 rings (SSSR count). The summed E-state index contributed by atoms with van der Waals surface area (Å²) in [6, 6.07) is 10.2. The molecule has 1 aromatic heterocycles. The van der Waals surface area contributed by atoms with E-state index in [-0.39, 0.29) is 18.1 Å². The van der Waals surface area contributed by atoms with Crippen molar-refractivity contribution in [2.24, 2.45) is 0 Å². The Morgan fingerprint density at radius 1 is 1.07 bits per heavy atom. The van der Waals surface area contributed by atoms with Gasteiger partial charge in [-0.3, -0.25) is 9.69 Å². The number of carbonyl (C=O) groups excluding carboxylic acids is 2. The molecule has 1 aliphatic heterocycles. The molecule has 0 saturated heterocycles. The van der Waals surface area contributed by atoms with Crippen molar-refractivity contribution >= 4 is 23.3 Å². The molecule has 28 heavy (non-hydrogen) atoms. The number of amides is 2. The Labute approximate surface area is 156 Å². The Morgan fingerprint density at radius 3 is 2.50 bits per heavy atom. The van der Waals surface area contributed by atoms with E-state index < -0.39 is 35.8 Å². The van der Waals surface area contributed by atoms with Crippen molar-refractivity contribution in [2.75, 3.05) is 10.2 Å². The molecule has 2 amide bonds. The third-order valence-electron chi connectivity index (χ3n) is 4.22. The van der Waals surface area contributed by atoms with Crippen molar-refractivity contribution in [3.63, 3.8) is 0 Å². The van der Waals surface area contributed by atoms with E-state index >= 15 is 0 Å². The number of carbonyl (C=O) groups is 2. The van der Waals surface area contributed by atoms with Crippen molar-refractivity contribution in [3.8, 4) is 0 Å². The molecule has 0 bridgehead atoms. The van der Waals surface area contributed by atoms with Crippen molar-refractivity contribution in [3.05, 3.63) is 76.5 Å². The van der Waals surface area contributed by atoms with Crippen LogP contribution in [0.1, 0.15) is 5.82 Å². The molecule has 2 heterocycles. The molecule has 0 atom stereocenters. The first kappa shape index (κ1) is 17.6. The first-order valence-corrected chi connectivity index (χ1v) is 8.24. The lowest BCUT2D eigenvalue weighted by Gasteiger charge is -2.15. The number of nitrogens with zero attached hydrogens (tertiary/aromatic N) is 4. The van der Waals surface area contributed by atoms with E-state index in [1.807, 2.05) is 0 Å². The van der Waals surface area contributed by atoms with Gasteiger partial charge in [-0.15, -0.1) is 0 Å². The first-order chi connectivity index (χ1) is 13.4. The summed E-state index contributed by atoms with van der Waals surface area (Å²) in [4.78, 5) is 42.1. The van der Waals surface area contributed by atoms with Gasteiger partial charge < -0.3 is 5.32 Å². The van der Waals surface area contributed by atoms with Crippen LogP contribution in [0.25, 0.3) is 0 Å². The van der Waals surface area contributed by atoms with Crippen LogP contribution in [0.4, 0.5) is 25.0 Å². The average Bonchev–Trinajstić information content (AvgIpc) is 3.14. The van der Waals surface area contributed by atoms with Crippen LogP contribution in [0, 0.1) is 11.6 Å². The Kier molecular flexibility index (Phi) is 4.22. The van der Waals surface area contributed by atoms with E-state index in [2.05, 4.69) is 10.3 Å². The molecule has 3 aromatic rings. The fraction of sp³-hybridized carbons (Fsp3) is 0.111. The third-order valence-corrected chi connectivity index (χ3v) is 4.22.